The lowest BCUT2D eigenvalue weighted by molar-refractivity contribution is 0.0602. The minimum atomic E-state index is -0.414. The van der Waals surface area contributed by atoms with E-state index < -0.39 is 5.97 Å². The van der Waals surface area contributed by atoms with E-state index in [2.05, 4.69) is 15.4 Å². The van der Waals surface area contributed by atoms with Crippen LogP contribution in [0.3, 0.4) is 0 Å². The molecule has 5 rings (SSSR count). The van der Waals surface area contributed by atoms with Crippen molar-refractivity contribution in [1.82, 2.24) is 24.4 Å². The number of carbonyl (C=O) groups is 1. The van der Waals surface area contributed by atoms with E-state index in [1.807, 2.05) is 79.3 Å². The number of pyridine rings is 1. The van der Waals surface area contributed by atoms with Gasteiger partial charge in [0.1, 0.15) is 12.1 Å². The number of nitrogens with one attached hydrogen (secondary N) is 1. The zero-order chi connectivity index (χ0) is 22.9. The zero-order valence-corrected chi connectivity index (χ0v) is 18.5. The van der Waals surface area contributed by atoms with Crippen LogP contribution >= 0.6 is 0 Å². The van der Waals surface area contributed by atoms with Crippen LogP contribution in [0, 0.1) is 13.8 Å². The normalized spacial score (nSPS) is 11.0. The zero-order valence-electron chi connectivity index (χ0n) is 18.5. The van der Waals surface area contributed by atoms with E-state index in [1.54, 1.807) is 10.6 Å². The molecule has 2 aromatic carbocycles. The highest BCUT2D eigenvalue weighted by Crippen LogP contribution is 2.37. The Hall–Kier alpha value is -4.46. The van der Waals surface area contributed by atoms with Crippen molar-refractivity contribution in [2.45, 2.75) is 13.8 Å². The molecule has 3 aromatic heterocycles. The van der Waals surface area contributed by atoms with Gasteiger partial charge in [0, 0.05) is 11.8 Å². The Kier molecular flexibility index (Phi) is 5.10. The van der Waals surface area contributed by atoms with Gasteiger partial charge in [-0.1, -0.05) is 30.3 Å². The number of benzene rings is 2. The SMILES string of the molecule is COC(=O)c1ccccc1Nc1c(-c2ccn3ncnc3c2)c(C)nn1-c1ccccc1C. The summed E-state index contributed by atoms with van der Waals surface area (Å²) in [6.45, 7) is 4.01. The number of esters is 1. The molecule has 5 aromatic rings. The topological polar surface area (TPSA) is 86.3 Å². The van der Waals surface area contributed by atoms with Crippen molar-refractivity contribution >= 4 is 23.1 Å². The van der Waals surface area contributed by atoms with Gasteiger partial charge in [-0.05, 0) is 55.3 Å². The first-order valence-electron chi connectivity index (χ1n) is 10.5. The molecule has 0 atom stereocenters. The second-order valence-corrected chi connectivity index (χ2v) is 7.65. The van der Waals surface area contributed by atoms with Gasteiger partial charge < -0.3 is 10.1 Å². The summed E-state index contributed by atoms with van der Waals surface area (Å²) >= 11 is 0. The van der Waals surface area contributed by atoms with Gasteiger partial charge >= 0.3 is 5.97 Å². The fourth-order valence-electron chi connectivity index (χ4n) is 3.94. The van der Waals surface area contributed by atoms with Crippen molar-refractivity contribution < 1.29 is 9.53 Å². The van der Waals surface area contributed by atoms with Crippen LogP contribution in [-0.4, -0.2) is 37.5 Å². The molecule has 0 aliphatic rings. The number of hydrogen-bond donors (Lipinski definition) is 1. The molecule has 0 saturated carbocycles. The molecule has 0 fully saturated rings. The second-order valence-electron chi connectivity index (χ2n) is 7.65. The van der Waals surface area contributed by atoms with Gasteiger partial charge in [-0.2, -0.15) is 10.2 Å². The van der Waals surface area contributed by atoms with Gasteiger partial charge in [-0.3, -0.25) is 0 Å². The summed E-state index contributed by atoms with van der Waals surface area (Å²) in [5.41, 5.74) is 6.49. The predicted molar refractivity (Wildman–Crippen MR) is 126 cm³/mol. The quantitative estimate of drug-likeness (QED) is 0.399. The summed E-state index contributed by atoms with van der Waals surface area (Å²) in [6, 6.07) is 19.2. The van der Waals surface area contributed by atoms with Crippen LogP contribution in [0.2, 0.25) is 0 Å². The fraction of sp³-hybridized carbons (Fsp3) is 0.120. The number of rotatable bonds is 5. The summed E-state index contributed by atoms with van der Waals surface area (Å²) in [5.74, 6) is 0.324. The van der Waals surface area contributed by atoms with E-state index in [-0.39, 0.29) is 0 Å². The maximum absolute atomic E-state index is 12.4. The van der Waals surface area contributed by atoms with Gasteiger partial charge in [0.15, 0.2) is 5.65 Å². The molecule has 0 amide bonds. The minimum Gasteiger partial charge on any atom is -0.465 e. The molecule has 1 N–H and O–H groups in total. The third kappa shape index (κ3) is 3.61. The largest absolute Gasteiger partial charge is 0.465 e. The number of hydrogen-bond acceptors (Lipinski definition) is 6. The molecule has 8 nitrogen and oxygen atoms in total. The Morgan fingerprint density at radius 2 is 1.82 bits per heavy atom. The monoisotopic (exact) mass is 438 g/mol. The number of para-hydroxylation sites is 2. The molecule has 0 aliphatic carbocycles. The van der Waals surface area contributed by atoms with Crippen LogP contribution in [0.4, 0.5) is 11.5 Å². The smallest absolute Gasteiger partial charge is 0.339 e. The van der Waals surface area contributed by atoms with Gasteiger partial charge in [0.25, 0.3) is 0 Å². The molecule has 3 heterocycles. The number of aromatic nitrogens is 5. The van der Waals surface area contributed by atoms with Crippen LogP contribution in [0.1, 0.15) is 21.6 Å². The van der Waals surface area contributed by atoms with Crippen molar-refractivity contribution in [2.75, 3.05) is 12.4 Å². The highest BCUT2D eigenvalue weighted by molar-refractivity contribution is 5.97. The first-order chi connectivity index (χ1) is 16.1. The van der Waals surface area contributed by atoms with Crippen molar-refractivity contribution in [3.8, 4) is 16.8 Å². The number of nitrogens with zero attached hydrogens (tertiary/aromatic N) is 5. The third-order valence-electron chi connectivity index (χ3n) is 5.56. The lowest BCUT2D eigenvalue weighted by Crippen LogP contribution is -2.09. The summed E-state index contributed by atoms with van der Waals surface area (Å²) in [6.07, 6.45) is 3.39. The van der Waals surface area contributed by atoms with Gasteiger partial charge in [0.2, 0.25) is 0 Å². The van der Waals surface area contributed by atoms with E-state index in [0.29, 0.717) is 11.3 Å². The number of fused-ring (bicyclic) bond motifs is 1. The Morgan fingerprint density at radius 1 is 1.03 bits per heavy atom. The highest BCUT2D eigenvalue weighted by atomic mass is 16.5. The van der Waals surface area contributed by atoms with Gasteiger partial charge in [0.05, 0.1) is 29.7 Å². The number of carbonyl (C=O) groups excluding carboxylic acids is 1. The standard InChI is InChI=1S/C25H22N6O2/c1-16-8-4-7-11-21(16)31-24(28-20-10-6-5-9-19(20)25(32)33-3)23(17(2)29-31)18-12-13-30-22(14-18)26-15-27-30/h4-15,28H,1-3H3. The van der Waals surface area contributed by atoms with Crippen molar-refractivity contribution in [2.24, 2.45) is 0 Å². The Balaban J connectivity index is 1.74. The molecule has 0 spiro atoms. The van der Waals surface area contributed by atoms with Crippen molar-refractivity contribution in [3.63, 3.8) is 0 Å². The van der Waals surface area contributed by atoms with E-state index in [4.69, 9.17) is 9.84 Å². The van der Waals surface area contributed by atoms with Crippen molar-refractivity contribution in [3.05, 3.63) is 90.0 Å². The second kappa shape index (κ2) is 8.23. The molecule has 0 saturated heterocycles. The highest BCUT2D eigenvalue weighted by Gasteiger charge is 2.22. The van der Waals surface area contributed by atoms with Crippen molar-refractivity contribution in [1.29, 1.82) is 0 Å². The van der Waals surface area contributed by atoms with E-state index in [1.165, 1.54) is 13.4 Å². The Bertz CT molecular complexity index is 1480. The lowest BCUT2D eigenvalue weighted by Gasteiger charge is -2.16. The van der Waals surface area contributed by atoms with Gasteiger partial charge in [-0.25, -0.2) is 19.0 Å². The first-order valence-corrected chi connectivity index (χ1v) is 10.5. The van der Waals surface area contributed by atoms with Crippen LogP contribution in [0.25, 0.3) is 22.5 Å². The summed E-state index contributed by atoms with van der Waals surface area (Å²) in [5, 5.41) is 12.5. The Labute approximate surface area is 190 Å². The molecule has 0 bridgehead atoms. The molecule has 0 unspecified atom stereocenters. The minimum absolute atomic E-state index is 0.414. The van der Waals surface area contributed by atoms with E-state index in [0.717, 1.165) is 39.5 Å². The van der Waals surface area contributed by atoms with Crippen LogP contribution in [0.5, 0.6) is 0 Å². The summed E-state index contributed by atoms with van der Waals surface area (Å²) < 4.78 is 8.58. The lowest BCUT2D eigenvalue weighted by atomic mass is 10.1. The molecule has 8 heteroatoms. The number of aryl methyl sites for hydroxylation is 2. The molecular formula is C25H22N6O2. The van der Waals surface area contributed by atoms with E-state index >= 15 is 0 Å². The number of ether oxygens (including phenoxy) is 1. The molecule has 0 aliphatic heterocycles. The Morgan fingerprint density at radius 3 is 2.64 bits per heavy atom. The van der Waals surface area contributed by atoms with Crippen LogP contribution < -0.4 is 5.32 Å². The summed E-state index contributed by atoms with van der Waals surface area (Å²) in [7, 11) is 1.38. The molecule has 33 heavy (non-hydrogen) atoms. The predicted octanol–water partition coefficient (Wildman–Crippen LogP) is 4.73. The van der Waals surface area contributed by atoms with Gasteiger partial charge in [-0.15, -0.1) is 0 Å². The maximum atomic E-state index is 12.4. The summed E-state index contributed by atoms with van der Waals surface area (Å²) in [4.78, 5) is 16.7. The van der Waals surface area contributed by atoms with Crippen LogP contribution in [-0.2, 0) is 4.74 Å². The molecule has 164 valence electrons. The third-order valence-corrected chi connectivity index (χ3v) is 5.56. The van der Waals surface area contributed by atoms with E-state index in [9.17, 15) is 4.79 Å². The van der Waals surface area contributed by atoms with Crippen LogP contribution in [0.15, 0.2) is 73.2 Å². The average molecular weight is 438 g/mol. The number of methoxy groups -OCH3 is 1. The molecular weight excluding hydrogens is 416 g/mol. The maximum Gasteiger partial charge on any atom is 0.339 e. The average Bonchev–Trinajstić information content (AvgIpc) is 3.42. The first kappa shape index (κ1) is 20.4. The number of anilines is 2. The molecule has 0 radical (unpaired) electrons. The fourth-order valence-corrected chi connectivity index (χ4v) is 3.94.